The van der Waals surface area contributed by atoms with E-state index in [4.69, 9.17) is 9.47 Å². The molecule has 0 aliphatic carbocycles. The minimum atomic E-state index is -0.657. The van der Waals surface area contributed by atoms with Crippen LogP contribution >= 0.6 is 0 Å². The average Bonchev–Trinajstić information content (AvgIpc) is 2.42. The van der Waals surface area contributed by atoms with Crippen molar-refractivity contribution in [2.75, 3.05) is 19.8 Å². The molecule has 2 N–H and O–H groups in total. The number of hydrogen-bond donors (Lipinski definition) is 2. The average molecular weight is 282 g/mol. The highest BCUT2D eigenvalue weighted by Crippen LogP contribution is 2.26. The highest BCUT2D eigenvalue weighted by Gasteiger charge is 2.12. The molecule has 0 heterocycles. The van der Waals surface area contributed by atoms with Crippen molar-refractivity contribution >= 4 is 0 Å². The molecule has 4 heteroatoms. The second-order valence-electron chi connectivity index (χ2n) is 5.11. The molecule has 0 saturated carbocycles. The normalized spacial score (nSPS) is 14.1. The van der Waals surface area contributed by atoms with Gasteiger partial charge in [-0.2, -0.15) is 0 Å². The molecule has 1 aromatic carbocycles. The zero-order valence-corrected chi connectivity index (χ0v) is 12.6. The summed E-state index contributed by atoms with van der Waals surface area (Å²) in [6.45, 7) is 6.86. The molecule has 0 fully saturated rings. The highest BCUT2D eigenvalue weighted by atomic mass is 16.5. The van der Waals surface area contributed by atoms with Gasteiger partial charge in [-0.05, 0) is 32.4 Å². The Balaban J connectivity index is 2.44. The molecule has 0 bridgehead atoms. The van der Waals surface area contributed by atoms with Crippen LogP contribution in [0.5, 0.6) is 5.75 Å². The summed E-state index contributed by atoms with van der Waals surface area (Å²) in [6, 6.07) is 5.64. The van der Waals surface area contributed by atoms with Gasteiger partial charge in [0.2, 0.25) is 0 Å². The summed E-state index contributed by atoms with van der Waals surface area (Å²) in [4.78, 5) is 0. The van der Waals surface area contributed by atoms with Crippen LogP contribution in [0.1, 0.15) is 43.9 Å². The summed E-state index contributed by atoms with van der Waals surface area (Å²) < 4.78 is 10.9. The standard InChI is InChI=1S/C16H26O4/c1-4-5-8-19-10-14(18)11-20-16-7-6-12(2)9-15(16)13(3)17/h6-7,9,13-14,17-18H,4-5,8,10-11H2,1-3H3/t13-,14?/m0/s1. The molecule has 0 aliphatic heterocycles. The molecular formula is C16H26O4. The second kappa shape index (κ2) is 8.95. The Labute approximate surface area is 121 Å². The predicted octanol–water partition coefficient (Wildman–Crippen LogP) is 2.60. The molecule has 0 saturated heterocycles. The van der Waals surface area contributed by atoms with E-state index in [9.17, 15) is 10.2 Å². The molecular weight excluding hydrogens is 256 g/mol. The van der Waals surface area contributed by atoms with E-state index in [1.807, 2.05) is 25.1 Å². The number of unbranched alkanes of at least 4 members (excludes halogenated alkanes) is 1. The number of aryl methyl sites for hydroxylation is 1. The van der Waals surface area contributed by atoms with Crippen LogP contribution in [0.3, 0.4) is 0 Å². The molecule has 0 aliphatic rings. The number of ether oxygens (including phenoxy) is 2. The molecule has 0 aromatic heterocycles. The maximum Gasteiger partial charge on any atom is 0.125 e. The van der Waals surface area contributed by atoms with Crippen molar-refractivity contribution in [2.24, 2.45) is 0 Å². The Morgan fingerprint density at radius 2 is 1.95 bits per heavy atom. The first-order chi connectivity index (χ1) is 9.54. The van der Waals surface area contributed by atoms with Crippen LogP contribution in [0.2, 0.25) is 0 Å². The third-order valence-corrected chi connectivity index (χ3v) is 3.00. The van der Waals surface area contributed by atoms with Crippen molar-refractivity contribution < 1.29 is 19.7 Å². The van der Waals surface area contributed by atoms with Crippen molar-refractivity contribution in [3.05, 3.63) is 29.3 Å². The summed E-state index contributed by atoms with van der Waals surface area (Å²) in [5.74, 6) is 0.609. The highest BCUT2D eigenvalue weighted by molar-refractivity contribution is 5.38. The van der Waals surface area contributed by atoms with E-state index in [0.29, 0.717) is 12.4 Å². The first-order valence-electron chi connectivity index (χ1n) is 7.21. The van der Waals surface area contributed by atoms with E-state index in [1.165, 1.54) is 0 Å². The van der Waals surface area contributed by atoms with Gasteiger partial charge < -0.3 is 19.7 Å². The van der Waals surface area contributed by atoms with Gasteiger partial charge in [0.1, 0.15) is 18.5 Å². The van der Waals surface area contributed by atoms with Crippen molar-refractivity contribution in [3.8, 4) is 5.75 Å². The zero-order valence-electron chi connectivity index (χ0n) is 12.6. The zero-order chi connectivity index (χ0) is 15.0. The Kier molecular flexibility index (Phi) is 7.59. The molecule has 4 nitrogen and oxygen atoms in total. The van der Waals surface area contributed by atoms with Crippen molar-refractivity contribution in [1.29, 1.82) is 0 Å². The van der Waals surface area contributed by atoms with E-state index in [2.05, 4.69) is 6.92 Å². The predicted molar refractivity (Wildman–Crippen MR) is 79.0 cm³/mol. The van der Waals surface area contributed by atoms with Crippen LogP contribution in [-0.2, 0) is 4.74 Å². The SMILES string of the molecule is CCCCOCC(O)COc1ccc(C)cc1[C@H](C)O. The van der Waals surface area contributed by atoms with Gasteiger partial charge in [0.15, 0.2) is 0 Å². The molecule has 0 amide bonds. The molecule has 114 valence electrons. The lowest BCUT2D eigenvalue weighted by atomic mass is 10.1. The lowest BCUT2D eigenvalue weighted by molar-refractivity contribution is 0.0107. The fourth-order valence-electron chi connectivity index (χ4n) is 1.83. The Hall–Kier alpha value is -1.10. The number of rotatable bonds is 9. The minimum Gasteiger partial charge on any atom is -0.490 e. The topological polar surface area (TPSA) is 58.9 Å². The third kappa shape index (κ3) is 5.90. The van der Waals surface area contributed by atoms with Gasteiger partial charge in [-0.25, -0.2) is 0 Å². The van der Waals surface area contributed by atoms with Crippen LogP contribution in [0.4, 0.5) is 0 Å². The van der Waals surface area contributed by atoms with Gasteiger partial charge in [0.25, 0.3) is 0 Å². The smallest absolute Gasteiger partial charge is 0.125 e. The lowest BCUT2D eigenvalue weighted by Gasteiger charge is -2.17. The van der Waals surface area contributed by atoms with Crippen molar-refractivity contribution in [3.63, 3.8) is 0 Å². The summed E-state index contributed by atoms with van der Waals surface area (Å²) in [5, 5.41) is 19.5. The largest absolute Gasteiger partial charge is 0.490 e. The number of aliphatic hydroxyl groups is 2. The molecule has 2 atom stereocenters. The van der Waals surface area contributed by atoms with Gasteiger partial charge in [-0.15, -0.1) is 0 Å². The van der Waals surface area contributed by atoms with Crippen molar-refractivity contribution in [1.82, 2.24) is 0 Å². The Morgan fingerprint density at radius 1 is 1.20 bits per heavy atom. The molecule has 1 unspecified atom stereocenters. The lowest BCUT2D eigenvalue weighted by Crippen LogP contribution is -2.24. The van der Waals surface area contributed by atoms with Gasteiger partial charge in [0.05, 0.1) is 12.7 Å². The van der Waals surface area contributed by atoms with E-state index in [1.54, 1.807) is 6.92 Å². The molecule has 1 aromatic rings. The number of aliphatic hydroxyl groups excluding tert-OH is 2. The first-order valence-corrected chi connectivity index (χ1v) is 7.21. The quantitative estimate of drug-likeness (QED) is 0.684. The third-order valence-electron chi connectivity index (χ3n) is 3.00. The molecule has 0 radical (unpaired) electrons. The van der Waals surface area contributed by atoms with E-state index >= 15 is 0 Å². The van der Waals surface area contributed by atoms with Gasteiger partial charge in [-0.3, -0.25) is 0 Å². The summed E-state index contributed by atoms with van der Waals surface area (Å²) in [7, 11) is 0. The van der Waals surface area contributed by atoms with Crippen molar-refractivity contribution in [2.45, 2.75) is 45.8 Å². The fraction of sp³-hybridized carbons (Fsp3) is 0.625. The van der Waals surface area contributed by atoms with Crippen LogP contribution in [-0.4, -0.2) is 36.1 Å². The van der Waals surface area contributed by atoms with Crippen LogP contribution < -0.4 is 4.74 Å². The molecule has 1 rings (SSSR count). The number of hydrogen-bond acceptors (Lipinski definition) is 4. The second-order valence-corrected chi connectivity index (χ2v) is 5.11. The molecule has 20 heavy (non-hydrogen) atoms. The van der Waals surface area contributed by atoms with Crippen LogP contribution in [0, 0.1) is 6.92 Å². The van der Waals surface area contributed by atoms with E-state index in [0.717, 1.165) is 24.0 Å². The van der Waals surface area contributed by atoms with E-state index in [-0.39, 0.29) is 13.2 Å². The van der Waals surface area contributed by atoms with E-state index < -0.39 is 12.2 Å². The minimum absolute atomic E-state index is 0.162. The van der Waals surface area contributed by atoms with Gasteiger partial charge in [-0.1, -0.05) is 25.0 Å². The molecule has 0 spiro atoms. The Morgan fingerprint density at radius 3 is 2.60 bits per heavy atom. The Bertz CT molecular complexity index is 390. The maximum absolute atomic E-state index is 9.78. The van der Waals surface area contributed by atoms with Gasteiger partial charge >= 0.3 is 0 Å². The first kappa shape index (κ1) is 17.0. The monoisotopic (exact) mass is 282 g/mol. The fourth-order valence-corrected chi connectivity index (χ4v) is 1.83. The van der Waals surface area contributed by atoms with Crippen LogP contribution in [0.15, 0.2) is 18.2 Å². The summed E-state index contributed by atoms with van der Waals surface area (Å²) >= 11 is 0. The maximum atomic E-state index is 9.78. The number of benzene rings is 1. The van der Waals surface area contributed by atoms with Gasteiger partial charge in [0, 0.05) is 12.2 Å². The van der Waals surface area contributed by atoms with Crippen LogP contribution in [0.25, 0.3) is 0 Å². The summed E-state index contributed by atoms with van der Waals surface area (Å²) in [6.07, 6.45) is 0.823. The summed E-state index contributed by atoms with van der Waals surface area (Å²) in [5.41, 5.74) is 1.81.